The Bertz CT molecular complexity index is 1210. The SMILES string of the molecule is O=C(CSc1nnc(-c2c[nH]c3ccccc23)n1-c1ccc(F)cc1)N1CCOCC1. The lowest BCUT2D eigenvalue weighted by molar-refractivity contribution is -0.132. The van der Waals surface area contributed by atoms with Crippen molar-refractivity contribution >= 4 is 28.6 Å². The third-order valence-corrected chi connectivity index (χ3v) is 6.15. The van der Waals surface area contributed by atoms with E-state index >= 15 is 0 Å². The molecule has 2 aromatic heterocycles. The van der Waals surface area contributed by atoms with Crippen LogP contribution in [0.3, 0.4) is 0 Å². The molecule has 0 spiro atoms. The zero-order valence-corrected chi connectivity index (χ0v) is 17.4. The van der Waals surface area contributed by atoms with E-state index < -0.39 is 0 Å². The second-order valence-corrected chi connectivity index (χ2v) is 8.09. The Hall–Kier alpha value is -3.17. The molecule has 158 valence electrons. The Morgan fingerprint density at radius 3 is 2.68 bits per heavy atom. The summed E-state index contributed by atoms with van der Waals surface area (Å²) in [5.74, 6) is 0.593. The molecule has 0 bridgehead atoms. The maximum atomic E-state index is 13.6. The second kappa shape index (κ2) is 8.52. The van der Waals surface area contributed by atoms with Crippen molar-refractivity contribution in [2.75, 3.05) is 32.1 Å². The minimum atomic E-state index is -0.317. The number of hydrogen-bond donors (Lipinski definition) is 1. The van der Waals surface area contributed by atoms with Gasteiger partial charge in [-0.1, -0.05) is 30.0 Å². The second-order valence-electron chi connectivity index (χ2n) is 7.15. The fourth-order valence-corrected chi connectivity index (χ4v) is 4.50. The van der Waals surface area contributed by atoms with Crippen LogP contribution < -0.4 is 0 Å². The number of aromatic amines is 1. The Balaban J connectivity index is 1.51. The predicted molar refractivity (Wildman–Crippen MR) is 117 cm³/mol. The number of fused-ring (bicyclic) bond motifs is 1. The largest absolute Gasteiger partial charge is 0.378 e. The molecule has 1 aliphatic heterocycles. The number of thioether (sulfide) groups is 1. The van der Waals surface area contributed by atoms with Gasteiger partial charge in [-0.3, -0.25) is 9.36 Å². The van der Waals surface area contributed by atoms with Gasteiger partial charge < -0.3 is 14.6 Å². The highest BCUT2D eigenvalue weighted by molar-refractivity contribution is 7.99. The number of amides is 1. The molecule has 1 fully saturated rings. The first kappa shape index (κ1) is 19.8. The first-order chi connectivity index (χ1) is 15.2. The molecule has 1 aliphatic rings. The zero-order chi connectivity index (χ0) is 21.2. The molecule has 9 heteroatoms. The van der Waals surface area contributed by atoms with Crippen LogP contribution in [0.2, 0.25) is 0 Å². The van der Waals surface area contributed by atoms with Crippen molar-refractivity contribution in [3.8, 4) is 17.1 Å². The minimum absolute atomic E-state index is 0.0376. The van der Waals surface area contributed by atoms with Crippen molar-refractivity contribution in [2.24, 2.45) is 0 Å². The van der Waals surface area contributed by atoms with Crippen molar-refractivity contribution in [2.45, 2.75) is 5.16 Å². The van der Waals surface area contributed by atoms with Crippen LogP contribution in [-0.4, -0.2) is 62.6 Å². The van der Waals surface area contributed by atoms with Crippen molar-refractivity contribution in [1.82, 2.24) is 24.6 Å². The van der Waals surface area contributed by atoms with E-state index in [-0.39, 0.29) is 17.5 Å². The van der Waals surface area contributed by atoms with Gasteiger partial charge in [-0.2, -0.15) is 0 Å². The van der Waals surface area contributed by atoms with Gasteiger partial charge in [-0.05, 0) is 30.3 Å². The number of benzene rings is 2. The number of hydrogen-bond acceptors (Lipinski definition) is 5. The lowest BCUT2D eigenvalue weighted by Crippen LogP contribution is -2.41. The minimum Gasteiger partial charge on any atom is -0.378 e. The summed E-state index contributed by atoms with van der Waals surface area (Å²) in [7, 11) is 0. The molecule has 31 heavy (non-hydrogen) atoms. The number of carbonyl (C=O) groups excluding carboxylic acids is 1. The molecule has 3 heterocycles. The van der Waals surface area contributed by atoms with Crippen LogP contribution in [0.1, 0.15) is 0 Å². The Labute approximate surface area is 182 Å². The molecule has 1 N–H and O–H groups in total. The average Bonchev–Trinajstić information content (AvgIpc) is 3.42. The summed E-state index contributed by atoms with van der Waals surface area (Å²) in [6.07, 6.45) is 1.89. The van der Waals surface area contributed by atoms with Crippen molar-refractivity contribution < 1.29 is 13.9 Å². The quantitative estimate of drug-likeness (QED) is 0.484. The molecule has 0 radical (unpaired) electrons. The Morgan fingerprint density at radius 2 is 1.87 bits per heavy atom. The fraction of sp³-hybridized carbons (Fsp3) is 0.227. The maximum Gasteiger partial charge on any atom is 0.233 e. The fourth-order valence-electron chi connectivity index (χ4n) is 3.65. The van der Waals surface area contributed by atoms with Crippen molar-refractivity contribution in [3.63, 3.8) is 0 Å². The summed E-state index contributed by atoms with van der Waals surface area (Å²) in [5.41, 5.74) is 2.61. The first-order valence-corrected chi connectivity index (χ1v) is 11.0. The number of aromatic nitrogens is 4. The Morgan fingerprint density at radius 1 is 1.10 bits per heavy atom. The first-order valence-electron chi connectivity index (χ1n) is 9.97. The van der Waals surface area contributed by atoms with E-state index in [2.05, 4.69) is 15.2 Å². The van der Waals surface area contributed by atoms with E-state index in [4.69, 9.17) is 4.74 Å². The molecule has 5 rings (SSSR count). The van der Waals surface area contributed by atoms with E-state index in [9.17, 15) is 9.18 Å². The normalized spacial score (nSPS) is 14.3. The highest BCUT2D eigenvalue weighted by Gasteiger charge is 2.22. The van der Waals surface area contributed by atoms with Crippen LogP contribution in [0.5, 0.6) is 0 Å². The average molecular weight is 438 g/mol. The predicted octanol–water partition coefficient (Wildman–Crippen LogP) is 3.51. The number of H-pyrrole nitrogens is 1. The van der Waals surface area contributed by atoms with E-state index in [1.54, 1.807) is 17.0 Å². The van der Waals surface area contributed by atoms with Gasteiger partial charge in [0, 0.05) is 41.4 Å². The van der Waals surface area contributed by atoms with Crippen LogP contribution >= 0.6 is 11.8 Å². The highest BCUT2D eigenvalue weighted by atomic mass is 32.2. The molecule has 1 saturated heterocycles. The third kappa shape index (κ3) is 3.94. The maximum absolute atomic E-state index is 13.6. The van der Waals surface area contributed by atoms with Crippen LogP contribution in [-0.2, 0) is 9.53 Å². The summed E-state index contributed by atoms with van der Waals surface area (Å²) in [6, 6.07) is 14.1. The van der Waals surface area contributed by atoms with Gasteiger partial charge in [0.2, 0.25) is 5.91 Å². The number of rotatable bonds is 5. The third-order valence-electron chi connectivity index (χ3n) is 5.24. The number of ether oxygens (including phenoxy) is 1. The lowest BCUT2D eigenvalue weighted by atomic mass is 10.1. The van der Waals surface area contributed by atoms with E-state index in [1.165, 1.54) is 23.9 Å². The topological polar surface area (TPSA) is 76.0 Å². The van der Waals surface area contributed by atoms with Gasteiger partial charge in [0.25, 0.3) is 0 Å². The molecule has 1 amide bonds. The Kier molecular flexibility index (Phi) is 5.44. The van der Waals surface area contributed by atoms with Gasteiger partial charge >= 0.3 is 0 Å². The van der Waals surface area contributed by atoms with Gasteiger partial charge in [0.15, 0.2) is 11.0 Å². The molecule has 7 nitrogen and oxygen atoms in total. The molecule has 0 unspecified atom stereocenters. The number of para-hydroxylation sites is 1. The van der Waals surface area contributed by atoms with Gasteiger partial charge in [0.05, 0.1) is 19.0 Å². The van der Waals surface area contributed by atoms with Crippen molar-refractivity contribution in [3.05, 3.63) is 60.5 Å². The molecule has 4 aromatic rings. The number of nitrogens with one attached hydrogen (secondary N) is 1. The van der Waals surface area contributed by atoms with Crippen LogP contribution in [0.25, 0.3) is 28.0 Å². The molecule has 0 atom stereocenters. The van der Waals surface area contributed by atoms with Gasteiger partial charge in [-0.25, -0.2) is 4.39 Å². The highest BCUT2D eigenvalue weighted by Crippen LogP contribution is 2.32. The smallest absolute Gasteiger partial charge is 0.233 e. The monoisotopic (exact) mass is 437 g/mol. The zero-order valence-electron chi connectivity index (χ0n) is 16.6. The number of carbonyl (C=O) groups is 1. The standard InChI is InChI=1S/C22H20FN5O2S/c23-15-5-7-16(8-6-15)28-21(18-13-24-19-4-2-1-3-17(18)19)25-26-22(28)31-14-20(29)27-9-11-30-12-10-27/h1-8,13,24H,9-12,14H2. The van der Waals surface area contributed by atoms with E-state index in [0.717, 1.165) is 22.2 Å². The summed E-state index contributed by atoms with van der Waals surface area (Å²) in [5, 5.41) is 10.4. The summed E-state index contributed by atoms with van der Waals surface area (Å²) < 4.78 is 20.7. The van der Waals surface area contributed by atoms with Crippen LogP contribution in [0.4, 0.5) is 4.39 Å². The summed E-state index contributed by atoms with van der Waals surface area (Å²) in [4.78, 5) is 17.7. The van der Waals surface area contributed by atoms with Gasteiger partial charge in [-0.15, -0.1) is 10.2 Å². The van der Waals surface area contributed by atoms with E-state index in [1.807, 2.05) is 35.0 Å². The summed E-state index contributed by atoms with van der Waals surface area (Å²) in [6.45, 7) is 2.33. The summed E-state index contributed by atoms with van der Waals surface area (Å²) >= 11 is 1.32. The molecule has 0 aliphatic carbocycles. The molecular weight excluding hydrogens is 417 g/mol. The lowest BCUT2D eigenvalue weighted by Gasteiger charge is -2.26. The van der Waals surface area contributed by atoms with E-state index in [0.29, 0.717) is 37.3 Å². The molecular formula is C22H20FN5O2S. The number of halogens is 1. The van der Waals surface area contributed by atoms with Gasteiger partial charge in [0.1, 0.15) is 5.82 Å². The molecule has 0 saturated carbocycles. The number of morpholine rings is 1. The molecule has 2 aromatic carbocycles. The number of nitrogens with zero attached hydrogens (tertiary/aromatic N) is 4. The van der Waals surface area contributed by atoms with Crippen LogP contribution in [0, 0.1) is 5.82 Å². The van der Waals surface area contributed by atoms with Crippen molar-refractivity contribution in [1.29, 1.82) is 0 Å². The van der Waals surface area contributed by atoms with Crippen LogP contribution in [0.15, 0.2) is 59.9 Å².